The van der Waals surface area contributed by atoms with Gasteiger partial charge in [-0.1, -0.05) is 12.1 Å². The Morgan fingerprint density at radius 1 is 1.07 bits per heavy atom. The molecule has 0 atom stereocenters. The lowest BCUT2D eigenvalue weighted by molar-refractivity contribution is -0.384. The van der Waals surface area contributed by atoms with Crippen molar-refractivity contribution in [3.05, 3.63) is 70.3 Å². The number of nitrogens with zero attached hydrogens (tertiary/aromatic N) is 1. The number of nitrogens with one attached hydrogen (secondary N) is 1. The van der Waals surface area contributed by atoms with Crippen LogP contribution < -0.4 is 10.1 Å². The zero-order valence-corrected chi connectivity index (χ0v) is 16.4. The highest BCUT2D eigenvalue weighted by Crippen LogP contribution is 2.18. The first-order valence-corrected chi connectivity index (χ1v) is 8.82. The monoisotopic (exact) mass is 398 g/mol. The second-order valence-electron chi connectivity index (χ2n) is 7.07. The van der Waals surface area contributed by atoms with Crippen molar-refractivity contribution in [3.63, 3.8) is 0 Å². The zero-order chi connectivity index (χ0) is 21.4. The molecule has 1 N–H and O–H groups in total. The molecule has 0 saturated carbocycles. The van der Waals surface area contributed by atoms with Gasteiger partial charge in [-0.05, 0) is 56.7 Å². The third-order valence-electron chi connectivity index (χ3n) is 3.45. The maximum Gasteiger partial charge on any atom is 0.336 e. The average molecular weight is 398 g/mol. The molecule has 0 heterocycles. The van der Waals surface area contributed by atoms with Gasteiger partial charge in [-0.25, -0.2) is 4.79 Å². The van der Waals surface area contributed by atoms with Crippen LogP contribution in [0.2, 0.25) is 0 Å². The summed E-state index contributed by atoms with van der Waals surface area (Å²) in [5.41, 5.74) is 0.881. The molecule has 0 radical (unpaired) electrons. The highest BCUT2D eigenvalue weighted by molar-refractivity contribution is 5.88. The Balaban J connectivity index is 1.85. The molecule has 2 aromatic rings. The molecule has 0 bridgehead atoms. The molecular formula is C21H22N2O6. The Hall–Kier alpha value is -3.68. The summed E-state index contributed by atoms with van der Waals surface area (Å²) >= 11 is 0. The fourth-order valence-corrected chi connectivity index (χ4v) is 2.21. The van der Waals surface area contributed by atoms with Crippen LogP contribution in [-0.4, -0.2) is 29.0 Å². The predicted molar refractivity (Wildman–Crippen MR) is 109 cm³/mol. The van der Waals surface area contributed by atoms with Crippen LogP contribution in [-0.2, 0) is 14.3 Å². The van der Waals surface area contributed by atoms with E-state index in [0.29, 0.717) is 0 Å². The second-order valence-corrected chi connectivity index (χ2v) is 7.07. The van der Waals surface area contributed by atoms with Gasteiger partial charge < -0.3 is 14.8 Å². The summed E-state index contributed by atoms with van der Waals surface area (Å²) in [6, 6.07) is 12.3. The summed E-state index contributed by atoms with van der Waals surface area (Å²) in [4.78, 5) is 33.6. The third kappa shape index (κ3) is 7.84. The first kappa shape index (κ1) is 21.6. The quantitative estimate of drug-likeness (QED) is 0.247. The first-order chi connectivity index (χ1) is 13.6. The van der Waals surface area contributed by atoms with Crippen molar-refractivity contribution < 1.29 is 24.0 Å². The van der Waals surface area contributed by atoms with Crippen molar-refractivity contribution in [3.8, 4) is 5.75 Å². The van der Waals surface area contributed by atoms with E-state index in [1.807, 2.05) is 0 Å². The number of carbonyl (C=O) groups is 2. The SMILES string of the molecule is CC(C)(C)OC(=O)CNc1ccc(/C=C/C(=O)Oc2ccc([N+](=O)[O-])cc2)cc1. The van der Waals surface area contributed by atoms with Gasteiger partial charge in [0, 0.05) is 23.9 Å². The smallest absolute Gasteiger partial charge is 0.336 e. The van der Waals surface area contributed by atoms with Crippen LogP contribution in [0, 0.1) is 10.1 Å². The molecule has 0 aliphatic heterocycles. The highest BCUT2D eigenvalue weighted by atomic mass is 16.6. The number of nitro groups is 1. The largest absolute Gasteiger partial charge is 0.459 e. The molecule has 29 heavy (non-hydrogen) atoms. The zero-order valence-electron chi connectivity index (χ0n) is 16.4. The van der Waals surface area contributed by atoms with Crippen molar-refractivity contribution in [2.24, 2.45) is 0 Å². The van der Waals surface area contributed by atoms with E-state index in [2.05, 4.69) is 5.32 Å². The van der Waals surface area contributed by atoms with Crippen LogP contribution in [0.3, 0.4) is 0 Å². The summed E-state index contributed by atoms with van der Waals surface area (Å²) < 4.78 is 10.3. The van der Waals surface area contributed by atoms with E-state index in [0.717, 1.165) is 11.3 Å². The van der Waals surface area contributed by atoms with Crippen molar-refractivity contribution in [2.75, 3.05) is 11.9 Å². The van der Waals surface area contributed by atoms with Crippen LogP contribution in [0.25, 0.3) is 6.08 Å². The lowest BCUT2D eigenvalue weighted by atomic mass is 10.2. The maximum absolute atomic E-state index is 11.9. The molecule has 2 aromatic carbocycles. The first-order valence-electron chi connectivity index (χ1n) is 8.82. The number of carbonyl (C=O) groups excluding carboxylic acids is 2. The van der Waals surface area contributed by atoms with Gasteiger partial charge in [0.2, 0.25) is 0 Å². The molecule has 0 amide bonds. The second kappa shape index (κ2) is 9.50. The number of hydrogen-bond donors (Lipinski definition) is 1. The van der Waals surface area contributed by atoms with Gasteiger partial charge in [0.1, 0.15) is 17.9 Å². The molecule has 8 heteroatoms. The van der Waals surface area contributed by atoms with Gasteiger partial charge in [0.15, 0.2) is 0 Å². The Bertz CT molecular complexity index is 896. The van der Waals surface area contributed by atoms with Gasteiger partial charge in [-0.2, -0.15) is 0 Å². The van der Waals surface area contributed by atoms with Crippen molar-refractivity contribution in [1.82, 2.24) is 0 Å². The van der Waals surface area contributed by atoms with Gasteiger partial charge in [-0.15, -0.1) is 0 Å². The van der Waals surface area contributed by atoms with Crippen LogP contribution in [0.4, 0.5) is 11.4 Å². The molecular weight excluding hydrogens is 376 g/mol. The Kier molecular flexibility index (Phi) is 7.08. The molecule has 0 aliphatic rings. The minimum atomic E-state index is -0.606. The van der Waals surface area contributed by atoms with E-state index in [1.165, 1.54) is 30.3 Å². The van der Waals surface area contributed by atoms with E-state index in [1.54, 1.807) is 51.1 Å². The Morgan fingerprint density at radius 3 is 2.24 bits per heavy atom. The molecule has 0 saturated heterocycles. The van der Waals surface area contributed by atoms with Crippen LogP contribution in [0.15, 0.2) is 54.6 Å². The lowest BCUT2D eigenvalue weighted by Crippen LogP contribution is -2.28. The molecule has 152 valence electrons. The fourth-order valence-electron chi connectivity index (χ4n) is 2.21. The standard InChI is InChI=1S/C21H22N2O6/c1-21(2,3)29-20(25)14-22-16-7-4-15(5-8-16)6-13-19(24)28-18-11-9-17(10-12-18)23(26)27/h4-13,22H,14H2,1-3H3/b13-6+. The molecule has 0 spiro atoms. The van der Waals surface area contributed by atoms with Gasteiger partial charge in [-0.3, -0.25) is 14.9 Å². The number of non-ortho nitro benzene ring substituents is 1. The number of benzene rings is 2. The number of anilines is 1. The summed E-state index contributed by atoms with van der Waals surface area (Å²) in [7, 11) is 0. The number of nitro benzene ring substituents is 1. The van der Waals surface area contributed by atoms with Crippen molar-refractivity contribution in [2.45, 2.75) is 26.4 Å². The molecule has 0 fully saturated rings. The molecule has 0 unspecified atom stereocenters. The number of ether oxygens (including phenoxy) is 2. The number of esters is 2. The van der Waals surface area contributed by atoms with E-state index < -0.39 is 16.5 Å². The van der Waals surface area contributed by atoms with Crippen LogP contribution in [0.5, 0.6) is 5.75 Å². The lowest BCUT2D eigenvalue weighted by Gasteiger charge is -2.19. The minimum absolute atomic E-state index is 0.0496. The summed E-state index contributed by atoms with van der Waals surface area (Å²) in [6.45, 7) is 5.46. The van der Waals surface area contributed by atoms with Gasteiger partial charge in [0.25, 0.3) is 5.69 Å². The Morgan fingerprint density at radius 2 is 1.69 bits per heavy atom. The molecule has 8 nitrogen and oxygen atoms in total. The van der Waals surface area contributed by atoms with E-state index in [4.69, 9.17) is 9.47 Å². The van der Waals surface area contributed by atoms with Crippen molar-refractivity contribution >= 4 is 29.4 Å². The molecule has 2 rings (SSSR count). The predicted octanol–water partition coefficient (Wildman–Crippen LogP) is 3.97. The van der Waals surface area contributed by atoms with Crippen LogP contribution >= 0.6 is 0 Å². The normalized spacial score (nSPS) is 11.1. The third-order valence-corrected chi connectivity index (χ3v) is 3.45. The minimum Gasteiger partial charge on any atom is -0.459 e. The van der Waals surface area contributed by atoms with Gasteiger partial charge >= 0.3 is 11.9 Å². The van der Waals surface area contributed by atoms with E-state index >= 15 is 0 Å². The number of hydrogen-bond acceptors (Lipinski definition) is 7. The maximum atomic E-state index is 11.9. The van der Waals surface area contributed by atoms with Crippen LogP contribution in [0.1, 0.15) is 26.3 Å². The highest BCUT2D eigenvalue weighted by Gasteiger charge is 2.15. The molecule has 0 aromatic heterocycles. The van der Waals surface area contributed by atoms with E-state index in [9.17, 15) is 19.7 Å². The Labute approximate surface area is 168 Å². The average Bonchev–Trinajstić information content (AvgIpc) is 2.64. The fraction of sp³-hybridized carbons (Fsp3) is 0.238. The summed E-state index contributed by atoms with van der Waals surface area (Å²) in [5, 5.41) is 13.6. The summed E-state index contributed by atoms with van der Waals surface area (Å²) in [5.74, 6) is -0.742. The summed E-state index contributed by atoms with van der Waals surface area (Å²) in [6.07, 6.45) is 2.83. The van der Waals surface area contributed by atoms with Crippen molar-refractivity contribution in [1.29, 1.82) is 0 Å². The topological polar surface area (TPSA) is 108 Å². The van der Waals surface area contributed by atoms with Gasteiger partial charge in [0.05, 0.1) is 4.92 Å². The number of rotatable bonds is 7. The molecule has 0 aliphatic carbocycles. The van der Waals surface area contributed by atoms with E-state index in [-0.39, 0.29) is 24.0 Å².